The molecule has 1 aromatic heterocycles. The molecular formula is C35H38F3N3O8S. The van der Waals surface area contributed by atoms with Crippen molar-refractivity contribution in [2.45, 2.75) is 68.7 Å². The Morgan fingerprint density at radius 1 is 1.02 bits per heavy atom. The fraction of sp³-hybridized carbons (Fsp3) is 0.343. The van der Waals surface area contributed by atoms with E-state index in [1.165, 1.54) is 4.90 Å². The second-order valence-corrected chi connectivity index (χ2v) is 13.9. The van der Waals surface area contributed by atoms with E-state index in [4.69, 9.17) is 29.8 Å². The molecule has 0 radical (unpaired) electrons. The maximum absolute atomic E-state index is 14.2. The van der Waals surface area contributed by atoms with Gasteiger partial charge in [0.2, 0.25) is 6.10 Å². The van der Waals surface area contributed by atoms with Crippen LogP contribution in [0.2, 0.25) is 0 Å². The summed E-state index contributed by atoms with van der Waals surface area (Å²) < 4.78 is 76.2. The Kier molecular flexibility index (Phi) is 11.8. The molecule has 3 N–H and O–H groups in total. The maximum atomic E-state index is 14.2. The Bertz CT molecular complexity index is 1950. The molecule has 15 heteroatoms. The van der Waals surface area contributed by atoms with Gasteiger partial charge in [-0.25, -0.2) is 18.2 Å². The highest BCUT2D eigenvalue weighted by molar-refractivity contribution is 7.92. The zero-order valence-corrected chi connectivity index (χ0v) is 28.6. The minimum atomic E-state index is -5.08. The van der Waals surface area contributed by atoms with E-state index < -0.39 is 28.1 Å². The van der Waals surface area contributed by atoms with Crippen LogP contribution in [0.3, 0.4) is 0 Å². The average molecular weight is 718 g/mol. The number of rotatable bonds is 12. The van der Waals surface area contributed by atoms with Crippen LogP contribution in [0.15, 0.2) is 77.8 Å². The number of nitrogen functional groups attached to an aromatic ring is 1. The lowest BCUT2D eigenvalue weighted by molar-refractivity contribution is -0.192. The van der Waals surface area contributed by atoms with Crippen LogP contribution in [-0.4, -0.2) is 66.5 Å². The van der Waals surface area contributed by atoms with Gasteiger partial charge < -0.3 is 30.0 Å². The first-order valence-electron chi connectivity index (χ1n) is 15.6. The first-order chi connectivity index (χ1) is 23.5. The number of pyridine rings is 1. The van der Waals surface area contributed by atoms with Gasteiger partial charge in [0.05, 0.1) is 22.9 Å². The number of aliphatic carboxylic acids is 1. The van der Waals surface area contributed by atoms with Gasteiger partial charge in [-0.15, -0.1) is 0 Å². The third kappa shape index (κ3) is 9.34. The Morgan fingerprint density at radius 3 is 2.32 bits per heavy atom. The van der Waals surface area contributed by atoms with Crippen LogP contribution < -0.4 is 19.9 Å². The monoisotopic (exact) mass is 717 g/mol. The third-order valence-corrected chi connectivity index (χ3v) is 9.81. The van der Waals surface area contributed by atoms with Gasteiger partial charge in [0.25, 0.3) is 5.91 Å². The van der Waals surface area contributed by atoms with E-state index in [0.717, 1.165) is 10.8 Å². The minimum Gasteiger partial charge on any atom is -0.490 e. The summed E-state index contributed by atoms with van der Waals surface area (Å²) >= 11 is 0. The van der Waals surface area contributed by atoms with Gasteiger partial charge in [-0.05, 0) is 87.0 Å². The molecule has 268 valence electrons. The van der Waals surface area contributed by atoms with Crippen LogP contribution in [0.4, 0.5) is 19.0 Å². The number of halogens is 3. The summed E-state index contributed by atoms with van der Waals surface area (Å²) in [6, 6.07) is 19.4. The molecule has 3 aromatic carbocycles. The van der Waals surface area contributed by atoms with Gasteiger partial charge in [-0.2, -0.15) is 13.2 Å². The summed E-state index contributed by atoms with van der Waals surface area (Å²) in [6.07, 6.45) is -3.29. The van der Waals surface area contributed by atoms with E-state index in [2.05, 4.69) is 4.98 Å². The maximum Gasteiger partial charge on any atom is 0.490 e. The summed E-state index contributed by atoms with van der Waals surface area (Å²) in [6.45, 7) is 6.23. The topological polar surface area (TPSA) is 158 Å². The number of ether oxygens (including phenoxy) is 3. The van der Waals surface area contributed by atoms with Crippen molar-refractivity contribution >= 4 is 38.3 Å². The molecule has 11 nitrogen and oxygen atoms in total. The Balaban J connectivity index is 0.000000727. The van der Waals surface area contributed by atoms with Crippen molar-refractivity contribution in [3.8, 4) is 17.2 Å². The highest BCUT2D eigenvalue weighted by Gasteiger charge is 2.39. The number of hydrogen-bond acceptors (Lipinski definition) is 9. The molecule has 1 aliphatic rings. The Hall–Kier alpha value is -5.05. The molecule has 1 amide bonds. The molecule has 0 saturated heterocycles. The van der Waals surface area contributed by atoms with Crippen LogP contribution >= 0.6 is 0 Å². The number of alkyl halides is 3. The molecular weight excluding hydrogens is 679 g/mol. The van der Waals surface area contributed by atoms with E-state index in [1.807, 2.05) is 39.0 Å². The number of fused-ring (bicyclic) bond motifs is 1. The average Bonchev–Trinajstić information content (AvgIpc) is 3.91. The van der Waals surface area contributed by atoms with Crippen molar-refractivity contribution in [2.75, 3.05) is 19.4 Å². The zero-order chi connectivity index (χ0) is 36.8. The first kappa shape index (κ1) is 37.8. The molecule has 1 atom stereocenters. The summed E-state index contributed by atoms with van der Waals surface area (Å²) in [5.74, 6) is -1.19. The number of carboxylic acid groups (broad SMARTS) is 1. The van der Waals surface area contributed by atoms with E-state index in [-0.39, 0.29) is 28.7 Å². The Labute approximate surface area is 287 Å². The molecule has 5 rings (SSSR count). The van der Waals surface area contributed by atoms with Gasteiger partial charge in [-0.1, -0.05) is 24.3 Å². The second kappa shape index (κ2) is 15.7. The van der Waals surface area contributed by atoms with Gasteiger partial charge in [0, 0.05) is 30.7 Å². The van der Waals surface area contributed by atoms with Crippen LogP contribution in [-0.2, 0) is 26.0 Å². The standard InChI is InChI=1S/C33H37N3O6S.C2HF3O2/c1-5-40-29-19-23(10-15-28(29)41-21(2)3)31(42-25-11-14-27-22(18-25)16-17-35-32(27)34)33(37)36(4)20-24-8-6-7-9-30(24)43(38,39)26-12-13-26;3-2(4,5)1(6)7/h6-11,14-19,21,26,31H,5,12-13,20H2,1-4H3,(H2,34,35);(H,6,7). The second-order valence-electron chi connectivity index (χ2n) is 11.7. The number of carbonyl (C=O) groups excluding carboxylic acids is 1. The lowest BCUT2D eigenvalue weighted by Gasteiger charge is -2.26. The predicted molar refractivity (Wildman–Crippen MR) is 180 cm³/mol. The van der Waals surface area contributed by atoms with E-state index >= 15 is 0 Å². The number of benzene rings is 3. The van der Waals surface area contributed by atoms with Crippen molar-refractivity contribution in [3.63, 3.8) is 0 Å². The number of likely N-dealkylation sites (N-methyl/N-ethyl adjacent to an activating group) is 1. The smallest absolute Gasteiger partial charge is 0.490 e. The van der Waals surface area contributed by atoms with Crippen molar-refractivity contribution < 1.29 is 50.5 Å². The normalized spacial score (nSPS) is 13.6. The largest absolute Gasteiger partial charge is 0.490 e. The number of aromatic nitrogens is 1. The summed E-state index contributed by atoms with van der Waals surface area (Å²) in [5, 5.41) is 8.36. The number of hydrogen-bond donors (Lipinski definition) is 2. The van der Waals surface area contributed by atoms with Gasteiger partial charge in [-0.3, -0.25) is 4.79 Å². The number of nitrogens with two attached hydrogens (primary N) is 1. The lowest BCUT2D eigenvalue weighted by Crippen LogP contribution is -2.34. The summed E-state index contributed by atoms with van der Waals surface area (Å²) in [5.41, 5.74) is 7.16. The van der Waals surface area contributed by atoms with Crippen LogP contribution in [0, 0.1) is 0 Å². The highest BCUT2D eigenvalue weighted by Crippen LogP contribution is 2.37. The number of nitrogens with zero attached hydrogens (tertiary/aromatic N) is 2. The third-order valence-electron chi connectivity index (χ3n) is 7.45. The zero-order valence-electron chi connectivity index (χ0n) is 27.8. The van der Waals surface area contributed by atoms with Gasteiger partial charge in [0.1, 0.15) is 11.6 Å². The lowest BCUT2D eigenvalue weighted by atomic mass is 10.1. The highest BCUT2D eigenvalue weighted by atomic mass is 32.2. The van der Waals surface area contributed by atoms with Gasteiger partial charge in [0.15, 0.2) is 21.3 Å². The Morgan fingerprint density at radius 2 is 1.70 bits per heavy atom. The molecule has 0 spiro atoms. The molecule has 0 bridgehead atoms. The predicted octanol–water partition coefficient (Wildman–Crippen LogP) is 6.35. The molecule has 50 heavy (non-hydrogen) atoms. The summed E-state index contributed by atoms with van der Waals surface area (Å²) in [7, 11) is -1.81. The molecule has 0 aliphatic heterocycles. The van der Waals surface area contributed by atoms with Gasteiger partial charge >= 0.3 is 12.1 Å². The van der Waals surface area contributed by atoms with Crippen LogP contribution in [0.25, 0.3) is 10.8 Å². The number of anilines is 1. The molecule has 1 saturated carbocycles. The van der Waals surface area contributed by atoms with E-state index in [9.17, 15) is 26.4 Å². The van der Waals surface area contributed by atoms with Crippen molar-refractivity contribution in [1.29, 1.82) is 0 Å². The first-order valence-corrected chi connectivity index (χ1v) is 17.2. The van der Waals surface area contributed by atoms with Crippen molar-refractivity contribution in [1.82, 2.24) is 9.88 Å². The number of sulfone groups is 1. The van der Waals surface area contributed by atoms with Crippen LogP contribution in [0.1, 0.15) is 50.8 Å². The van der Waals surface area contributed by atoms with Crippen LogP contribution in [0.5, 0.6) is 17.2 Å². The summed E-state index contributed by atoms with van der Waals surface area (Å²) in [4.78, 5) is 29.0. The SMILES string of the molecule is CCOc1cc(C(Oc2ccc3c(N)nccc3c2)C(=O)N(C)Cc2ccccc2S(=O)(=O)C2CC2)ccc1OC(C)C.O=C(O)C(F)(F)F. The van der Waals surface area contributed by atoms with E-state index in [1.54, 1.807) is 61.8 Å². The molecule has 4 aromatic rings. The van der Waals surface area contributed by atoms with Crippen molar-refractivity contribution in [3.05, 3.63) is 84.1 Å². The van der Waals surface area contributed by atoms with E-state index in [0.29, 0.717) is 53.6 Å². The number of carboxylic acids is 1. The number of carbonyl (C=O) groups is 2. The molecule has 1 heterocycles. The van der Waals surface area contributed by atoms with Crippen molar-refractivity contribution in [2.24, 2.45) is 0 Å². The number of amides is 1. The molecule has 1 unspecified atom stereocenters. The molecule has 1 aliphatic carbocycles. The fourth-order valence-corrected chi connectivity index (χ4v) is 6.84. The fourth-order valence-electron chi connectivity index (χ4n) is 4.96. The molecule has 1 fully saturated rings. The quantitative estimate of drug-likeness (QED) is 0.169. The minimum absolute atomic E-state index is 0.0728.